The molecule has 1 atom stereocenters. The summed E-state index contributed by atoms with van der Waals surface area (Å²) < 4.78 is 5.25. The number of methoxy groups -OCH3 is 1. The number of aromatic nitrogens is 4. The fourth-order valence-corrected chi connectivity index (χ4v) is 2.38. The maximum atomic E-state index is 11.1. The molecule has 0 bridgehead atoms. The number of carbonyl (C=O) groups is 1. The SMILES string of the molecule is COCC(Nc1nccc(-c2cc(C(=O)O)ccn2)n1)c1ccccn1. The Hall–Kier alpha value is -3.39. The highest BCUT2D eigenvalue weighted by atomic mass is 16.5. The van der Waals surface area contributed by atoms with E-state index >= 15 is 0 Å². The Kier molecular flexibility index (Phi) is 5.45. The summed E-state index contributed by atoms with van der Waals surface area (Å²) in [5.41, 5.74) is 1.92. The third kappa shape index (κ3) is 4.17. The van der Waals surface area contributed by atoms with Crippen molar-refractivity contribution in [3.8, 4) is 11.4 Å². The molecular formula is C18H17N5O3. The zero-order chi connectivity index (χ0) is 18.4. The lowest BCUT2D eigenvalue weighted by Crippen LogP contribution is -2.19. The van der Waals surface area contributed by atoms with Gasteiger partial charge in [0, 0.05) is 25.7 Å². The lowest BCUT2D eigenvalue weighted by molar-refractivity contribution is 0.0697. The summed E-state index contributed by atoms with van der Waals surface area (Å²) in [6, 6.07) is 9.97. The minimum Gasteiger partial charge on any atom is -0.478 e. The van der Waals surface area contributed by atoms with E-state index in [4.69, 9.17) is 9.84 Å². The number of hydrogen-bond acceptors (Lipinski definition) is 7. The van der Waals surface area contributed by atoms with Crippen LogP contribution in [0.4, 0.5) is 5.95 Å². The first-order valence-corrected chi connectivity index (χ1v) is 7.86. The van der Waals surface area contributed by atoms with Crippen LogP contribution in [0.25, 0.3) is 11.4 Å². The molecule has 0 amide bonds. The number of nitrogens with one attached hydrogen (secondary N) is 1. The molecule has 0 radical (unpaired) electrons. The van der Waals surface area contributed by atoms with Gasteiger partial charge in [-0.2, -0.15) is 0 Å². The lowest BCUT2D eigenvalue weighted by atomic mass is 10.2. The number of ether oxygens (including phenoxy) is 1. The van der Waals surface area contributed by atoms with Crippen LogP contribution in [-0.2, 0) is 4.74 Å². The van der Waals surface area contributed by atoms with Crippen LogP contribution in [0.2, 0.25) is 0 Å². The van der Waals surface area contributed by atoms with Crippen LogP contribution >= 0.6 is 0 Å². The van der Waals surface area contributed by atoms with E-state index in [-0.39, 0.29) is 11.6 Å². The van der Waals surface area contributed by atoms with E-state index in [0.29, 0.717) is 23.9 Å². The van der Waals surface area contributed by atoms with Gasteiger partial charge in [0.25, 0.3) is 0 Å². The first-order valence-electron chi connectivity index (χ1n) is 7.86. The lowest BCUT2D eigenvalue weighted by Gasteiger charge is -2.17. The van der Waals surface area contributed by atoms with Crippen LogP contribution in [-0.4, -0.2) is 44.7 Å². The minimum atomic E-state index is -1.02. The van der Waals surface area contributed by atoms with Crippen LogP contribution in [0.15, 0.2) is 55.0 Å². The summed E-state index contributed by atoms with van der Waals surface area (Å²) in [4.78, 5) is 28.3. The Labute approximate surface area is 150 Å². The molecule has 0 fully saturated rings. The van der Waals surface area contributed by atoms with Gasteiger partial charge in [-0.15, -0.1) is 0 Å². The Morgan fingerprint density at radius 1 is 1.12 bits per heavy atom. The van der Waals surface area contributed by atoms with Crippen molar-refractivity contribution in [3.05, 3.63) is 66.2 Å². The van der Waals surface area contributed by atoms with Gasteiger partial charge in [0.15, 0.2) is 0 Å². The molecule has 3 aromatic rings. The fraction of sp³-hybridized carbons (Fsp3) is 0.167. The van der Waals surface area contributed by atoms with Crippen molar-refractivity contribution in [2.45, 2.75) is 6.04 Å². The Balaban J connectivity index is 1.87. The van der Waals surface area contributed by atoms with Crippen molar-refractivity contribution >= 4 is 11.9 Å². The largest absolute Gasteiger partial charge is 0.478 e. The standard InChI is InChI=1S/C18H17N5O3/c1-26-11-16(13-4-2-3-7-19-13)23-18-21-9-6-14(22-18)15-10-12(17(24)25)5-8-20-15/h2-10,16H,11H2,1H3,(H,24,25)(H,21,22,23). The maximum Gasteiger partial charge on any atom is 0.335 e. The summed E-state index contributed by atoms with van der Waals surface area (Å²) in [5.74, 6) is -0.644. The monoisotopic (exact) mass is 351 g/mol. The number of nitrogens with zero attached hydrogens (tertiary/aromatic N) is 4. The summed E-state index contributed by atoms with van der Waals surface area (Å²) in [6.07, 6.45) is 4.73. The second kappa shape index (κ2) is 8.13. The summed E-state index contributed by atoms with van der Waals surface area (Å²) in [5, 5.41) is 12.3. The Morgan fingerprint density at radius 3 is 2.69 bits per heavy atom. The number of hydrogen-bond donors (Lipinski definition) is 2. The number of carboxylic acids is 1. The van der Waals surface area contributed by atoms with Crippen LogP contribution < -0.4 is 5.32 Å². The number of carboxylic acid groups (broad SMARTS) is 1. The second-order valence-electron chi connectivity index (χ2n) is 5.41. The van der Waals surface area contributed by atoms with Crippen molar-refractivity contribution < 1.29 is 14.6 Å². The van der Waals surface area contributed by atoms with Crippen molar-refractivity contribution in [2.75, 3.05) is 19.0 Å². The molecule has 26 heavy (non-hydrogen) atoms. The van der Waals surface area contributed by atoms with E-state index in [2.05, 4.69) is 25.3 Å². The number of pyridine rings is 2. The number of anilines is 1. The summed E-state index contributed by atoms with van der Waals surface area (Å²) >= 11 is 0. The Morgan fingerprint density at radius 2 is 1.96 bits per heavy atom. The van der Waals surface area contributed by atoms with E-state index in [0.717, 1.165) is 5.69 Å². The van der Waals surface area contributed by atoms with Crippen molar-refractivity contribution in [3.63, 3.8) is 0 Å². The average molecular weight is 351 g/mol. The normalized spacial score (nSPS) is 11.7. The molecule has 0 saturated carbocycles. The number of aromatic carboxylic acids is 1. The van der Waals surface area contributed by atoms with Gasteiger partial charge in [-0.1, -0.05) is 6.07 Å². The highest BCUT2D eigenvalue weighted by Gasteiger charge is 2.15. The molecule has 3 aromatic heterocycles. The van der Waals surface area contributed by atoms with E-state index in [1.54, 1.807) is 25.6 Å². The van der Waals surface area contributed by atoms with Crippen LogP contribution in [0.5, 0.6) is 0 Å². The van der Waals surface area contributed by atoms with Gasteiger partial charge in [-0.05, 0) is 30.3 Å². The highest BCUT2D eigenvalue weighted by Crippen LogP contribution is 2.19. The molecule has 2 N–H and O–H groups in total. The van der Waals surface area contributed by atoms with Crippen LogP contribution in [0.1, 0.15) is 22.1 Å². The molecule has 3 heterocycles. The molecule has 1 unspecified atom stereocenters. The van der Waals surface area contributed by atoms with E-state index in [1.165, 1.54) is 18.3 Å². The molecule has 0 aliphatic rings. The van der Waals surface area contributed by atoms with E-state index < -0.39 is 5.97 Å². The molecule has 132 valence electrons. The molecule has 0 aliphatic heterocycles. The molecule has 0 aliphatic carbocycles. The van der Waals surface area contributed by atoms with Gasteiger partial charge in [-0.3, -0.25) is 9.97 Å². The molecule has 8 heteroatoms. The van der Waals surface area contributed by atoms with Gasteiger partial charge in [0.2, 0.25) is 5.95 Å². The molecular weight excluding hydrogens is 334 g/mol. The first kappa shape index (κ1) is 17.4. The third-order valence-electron chi connectivity index (χ3n) is 3.61. The topological polar surface area (TPSA) is 110 Å². The van der Waals surface area contributed by atoms with E-state index in [9.17, 15) is 4.79 Å². The maximum absolute atomic E-state index is 11.1. The van der Waals surface area contributed by atoms with Crippen molar-refractivity contribution in [1.29, 1.82) is 0 Å². The van der Waals surface area contributed by atoms with Crippen molar-refractivity contribution in [1.82, 2.24) is 19.9 Å². The summed E-state index contributed by atoms with van der Waals surface area (Å²) in [7, 11) is 1.61. The van der Waals surface area contributed by atoms with Gasteiger partial charge in [0.05, 0.1) is 35.3 Å². The minimum absolute atomic E-state index is 0.147. The molecule has 0 aromatic carbocycles. The predicted octanol–water partition coefficient (Wildman–Crippen LogP) is 2.43. The smallest absolute Gasteiger partial charge is 0.335 e. The molecule has 8 nitrogen and oxygen atoms in total. The molecule has 3 rings (SSSR count). The van der Waals surface area contributed by atoms with Crippen LogP contribution in [0, 0.1) is 0 Å². The Bertz CT molecular complexity index is 889. The van der Waals surface area contributed by atoms with Gasteiger partial charge in [0.1, 0.15) is 0 Å². The zero-order valence-corrected chi connectivity index (χ0v) is 14.0. The highest BCUT2D eigenvalue weighted by molar-refractivity contribution is 5.88. The first-order chi connectivity index (χ1) is 12.7. The average Bonchev–Trinajstić information content (AvgIpc) is 2.69. The van der Waals surface area contributed by atoms with Gasteiger partial charge < -0.3 is 15.2 Å². The number of rotatable bonds is 7. The zero-order valence-electron chi connectivity index (χ0n) is 14.0. The van der Waals surface area contributed by atoms with Crippen molar-refractivity contribution in [2.24, 2.45) is 0 Å². The third-order valence-corrected chi connectivity index (χ3v) is 3.61. The fourth-order valence-electron chi connectivity index (χ4n) is 2.38. The quantitative estimate of drug-likeness (QED) is 0.668. The van der Waals surface area contributed by atoms with Crippen LogP contribution in [0.3, 0.4) is 0 Å². The molecule has 0 saturated heterocycles. The van der Waals surface area contributed by atoms with Gasteiger partial charge >= 0.3 is 5.97 Å². The summed E-state index contributed by atoms with van der Waals surface area (Å²) in [6.45, 7) is 0.386. The molecule has 0 spiro atoms. The second-order valence-corrected chi connectivity index (χ2v) is 5.41. The van der Waals surface area contributed by atoms with Gasteiger partial charge in [-0.25, -0.2) is 14.8 Å². The van der Waals surface area contributed by atoms with E-state index in [1.807, 2.05) is 18.2 Å². The predicted molar refractivity (Wildman–Crippen MR) is 94.7 cm³/mol.